The molecule has 1 aliphatic rings. The third kappa shape index (κ3) is 3.96. The topological polar surface area (TPSA) is 66.5 Å². The van der Waals surface area contributed by atoms with Gasteiger partial charge in [-0.25, -0.2) is 12.8 Å². The summed E-state index contributed by atoms with van der Waals surface area (Å²) in [6.45, 7) is 0.567. The maximum absolute atomic E-state index is 14.6. The van der Waals surface area contributed by atoms with E-state index in [1.54, 1.807) is 18.2 Å². The van der Waals surface area contributed by atoms with E-state index in [4.69, 9.17) is 11.6 Å². The van der Waals surface area contributed by atoms with Crippen molar-refractivity contribution in [3.8, 4) is 0 Å². The third-order valence-corrected chi connectivity index (χ3v) is 7.21. The van der Waals surface area contributed by atoms with Crippen LogP contribution in [0.25, 0.3) is 0 Å². The second-order valence-corrected chi connectivity index (χ2v) is 9.28. The molecule has 1 amide bonds. The van der Waals surface area contributed by atoms with Crippen molar-refractivity contribution in [2.75, 3.05) is 11.9 Å². The molecule has 8 heteroatoms. The highest BCUT2D eigenvalue weighted by molar-refractivity contribution is 7.89. The fourth-order valence-corrected chi connectivity index (χ4v) is 5.07. The minimum Gasteiger partial charge on any atom is -0.319 e. The minimum absolute atomic E-state index is 0.122. The molecule has 3 aromatic rings. The van der Waals surface area contributed by atoms with Crippen molar-refractivity contribution in [2.45, 2.75) is 17.9 Å². The Morgan fingerprint density at radius 1 is 1.00 bits per heavy atom. The van der Waals surface area contributed by atoms with E-state index in [1.807, 2.05) is 24.3 Å². The molecule has 1 N–H and O–H groups in total. The average molecular weight is 445 g/mol. The van der Waals surface area contributed by atoms with Crippen LogP contribution in [0.2, 0.25) is 5.02 Å². The predicted molar refractivity (Wildman–Crippen MR) is 114 cm³/mol. The first-order valence-corrected chi connectivity index (χ1v) is 11.1. The van der Waals surface area contributed by atoms with Crippen LogP contribution in [0.3, 0.4) is 0 Å². The summed E-state index contributed by atoms with van der Waals surface area (Å²) in [7, 11) is -3.87. The van der Waals surface area contributed by atoms with Crippen molar-refractivity contribution < 1.29 is 17.6 Å². The maximum atomic E-state index is 14.6. The Bertz CT molecular complexity index is 1230. The van der Waals surface area contributed by atoms with Gasteiger partial charge < -0.3 is 5.32 Å². The highest BCUT2D eigenvalue weighted by atomic mass is 35.5. The lowest BCUT2D eigenvalue weighted by molar-refractivity contribution is 0.102. The second-order valence-electron chi connectivity index (χ2n) is 6.93. The Balaban J connectivity index is 1.56. The number of nitrogens with one attached hydrogen (secondary N) is 1. The first-order chi connectivity index (χ1) is 14.4. The molecule has 0 atom stereocenters. The predicted octanol–water partition coefficient (Wildman–Crippen LogP) is 4.48. The highest BCUT2D eigenvalue weighted by Gasteiger charge is 2.29. The Labute approximate surface area is 179 Å². The van der Waals surface area contributed by atoms with Gasteiger partial charge in [0, 0.05) is 13.1 Å². The van der Waals surface area contributed by atoms with Gasteiger partial charge in [0.1, 0.15) is 5.82 Å². The molecule has 0 radical (unpaired) electrons. The van der Waals surface area contributed by atoms with E-state index in [0.29, 0.717) is 13.0 Å². The molecule has 5 nitrogen and oxygen atoms in total. The molecule has 0 saturated heterocycles. The van der Waals surface area contributed by atoms with Crippen molar-refractivity contribution in [1.82, 2.24) is 4.31 Å². The van der Waals surface area contributed by atoms with Crippen LogP contribution in [-0.2, 0) is 23.0 Å². The molecular weight excluding hydrogens is 427 g/mol. The monoisotopic (exact) mass is 444 g/mol. The maximum Gasteiger partial charge on any atom is 0.257 e. The molecule has 1 aliphatic heterocycles. The second kappa shape index (κ2) is 8.18. The number of benzene rings is 3. The summed E-state index contributed by atoms with van der Waals surface area (Å²) in [5.74, 6) is -1.42. The number of anilines is 1. The van der Waals surface area contributed by atoms with Gasteiger partial charge in [0.05, 0.1) is 21.2 Å². The molecule has 0 aliphatic carbocycles. The van der Waals surface area contributed by atoms with Crippen molar-refractivity contribution >= 4 is 33.2 Å². The number of carbonyl (C=O) groups excluding carboxylic acids is 1. The summed E-state index contributed by atoms with van der Waals surface area (Å²) in [5.41, 5.74) is 2.13. The number of hydrogen-bond donors (Lipinski definition) is 1. The van der Waals surface area contributed by atoms with E-state index in [0.717, 1.165) is 17.2 Å². The standard InChI is InChI=1S/C22H18ClFN2O3S/c23-19-8-4-3-7-18(19)22(27)25-21-10-9-17(13-20(21)24)30(28,29)26-12-11-15-5-1-2-6-16(15)14-26/h1-10,13H,11-12,14H2,(H,25,27). The van der Waals surface area contributed by atoms with Gasteiger partial charge in [-0.3, -0.25) is 4.79 Å². The summed E-state index contributed by atoms with van der Waals surface area (Å²) >= 11 is 5.99. The van der Waals surface area contributed by atoms with Crippen LogP contribution < -0.4 is 5.32 Å². The number of hydrogen-bond acceptors (Lipinski definition) is 3. The van der Waals surface area contributed by atoms with Gasteiger partial charge in [0.15, 0.2) is 0 Å². The highest BCUT2D eigenvalue weighted by Crippen LogP contribution is 2.27. The van der Waals surface area contributed by atoms with Gasteiger partial charge in [0.25, 0.3) is 5.91 Å². The lowest BCUT2D eigenvalue weighted by Crippen LogP contribution is -2.36. The quantitative estimate of drug-likeness (QED) is 0.645. The Morgan fingerprint density at radius 2 is 1.70 bits per heavy atom. The Hall–Kier alpha value is -2.74. The van der Waals surface area contributed by atoms with Gasteiger partial charge in [-0.2, -0.15) is 4.31 Å². The van der Waals surface area contributed by atoms with Gasteiger partial charge in [-0.1, -0.05) is 48.0 Å². The number of amides is 1. The minimum atomic E-state index is -3.87. The smallest absolute Gasteiger partial charge is 0.257 e. The van der Waals surface area contributed by atoms with Gasteiger partial charge in [-0.05, 0) is 47.9 Å². The van der Waals surface area contributed by atoms with Crippen LogP contribution in [-0.4, -0.2) is 25.2 Å². The van der Waals surface area contributed by atoms with Crippen molar-refractivity contribution in [3.63, 3.8) is 0 Å². The van der Waals surface area contributed by atoms with Crippen molar-refractivity contribution in [1.29, 1.82) is 0 Å². The van der Waals surface area contributed by atoms with Crippen LogP contribution in [0.1, 0.15) is 21.5 Å². The third-order valence-electron chi connectivity index (χ3n) is 5.04. The molecule has 0 aromatic heterocycles. The number of nitrogens with zero attached hydrogens (tertiary/aromatic N) is 1. The molecule has 0 fully saturated rings. The molecule has 30 heavy (non-hydrogen) atoms. The summed E-state index contributed by atoms with van der Waals surface area (Å²) in [6.07, 6.45) is 0.601. The Morgan fingerprint density at radius 3 is 2.43 bits per heavy atom. The van der Waals surface area contributed by atoms with E-state index in [9.17, 15) is 17.6 Å². The zero-order chi connectivity index (χ0) is 21.3. The SMILES string of the molecule is O=C(Nc1ccc(S(=O)(=O)N2CCc3ccccc3C2)cc1F)c1ccccc1Cl. The van der Waals surface area contributed by atoms with Gasteiger partial charge in [0.2, 0.25) is 10.0 Å². The summed E-state index contributed by atoms with van der Waals surface area (Å²) in [5, 5.41) is 2.67. The molecule has 3 aromatic carbocycles. The summed E-state index contributed by atoms with van der Waals surface area (Å²) < 4.78 is 42.0. The first-order valence-electron chi connectivity index (χ1n) is 9.28. The largest absolute Gasteiger partial charge is 0.319 e. The number of rotatable bonds is 4. The zero-order valence-electron chi connectivity index (χ0n) is 15.8. The lowest BCUT2D eigenvalue weighted by Gasteiger charge is -2.28. The van der Waals surface area contributed by atoms with Crippen molar-refractivity contribution in [3.05, 3.63) is 94.3 Å². The normalized spacial score (nSPS) is 14.2. The Kier molecular flexibility index (Phi) is 5.60. The number of carbonyl (C=O) groups is 1. The molecular formula is C22H18ClFN2O3S. The number of sulfonamides is 1. The lowest BCUT2D eigenvalue weighted by atomic mass is 10.0. The fraction of sp³-hybridized carbons (Fsp3) is 0.136. The summed E-state index contributed by atoms with van der Waals surface area (Å²) in [6, 6.07) is 17.5. The van der Waals surface area contributed by atoms with Gasteiger partial charge in [-0.15, -0.1) is 0 Å². The van der Waals surface area contributed by atoms with E-state index < -0.39 is 21.7 Å². The molecule has 1 heterocycles. The van der Waals surface area contributed by atoms with Crippen LogP contribution in [0.4, 0.5) is 10.1 Å². The van der Waals surface area contributed by atoms with Crippen molar-refractivity contribution in [2.24, 2.45) is 0 Å². The molecule has 0 bridgehead atoms. The van der Waals surface area contributed by atoms with E-state index in [1.165, 1.54) is 22.5 Å². The molecule has 0 unspecified atom stereocenters. The van der Waals surface area contributed by atoms with Crippen LogP contribution in [0, 0.1) is 5.82 Å². The van der Waals surface area contributed by atoms with Gasteiger partial charge >= 0.3 is 0 Å². The molecule has 154 valence electrons. The number of fused-ring (bicyclic) bond motifs is 1. The average Bonchev–Trinajstić information content (AvgIpc) is 2.75. The van der Waals surface area contributed by atoms with E-state index >= 15 is 0 Å². The molecule has 4 rings (SSSR count). The molecule has 0 spiro atoms. The zero-order valence-corrected chi connectivity index (χ0v) is 17.4. The van der Waals surface area contributed by atoms with E-state index in [2.05, 4.69) is 5.32 Å². The van der Waals surface area contributed by atoms with E-state index in [-0.39, 0.29) is 27.7 Å². The van der Waals surface area contributed by atoms with Crippen LogP contribution in [0.15, 0.2) is 71.6 Å². The van der Waals surface area contributed by atoms with Crippen LogP contribution >= 0.6 is 11.6 Å². The summed E-state index contributed by atoms with van der Waals surface area (Å²) in [4.78, 5) is 12.2. The molecule has 0 saturated carbocycles. The fourth-order valence-electron chi connectivity index (χ4n) is 3.42. The first kappa shape index (κ1) is 20.5. The number of halogens is 2. The van der Waals surface area contributed by atoms with Crippen LogP contribution in [0.5, 0.6) is 0 Å².